The van der Waals surface area contributed by atoms with E-state index >= 15 is 0 Å². The van der Waals surface area contributed by atoms with Crippen molar-refractivity contribution in [1.29, 1.82) is 0 Å². The highest BCUT2D eigenvalue weighted by molar-refractivity contribution is 5.94. The number of carbonyl (C=O) groups excluding carboxylic acids is 2. The maximum atomic E-state index is 12.1. The highest BCUT2D eigenvalue weighted by Gasteiger charge is 2.27. The van der Waals surface area contributed by atoms with Crippen molar-refractivity contribution in [1.82, 2.24) is 20.4 Å². The van der Waals surface area contributed by atoms with Gasteiger partial charge in [-0.1, -0.05) is 5.16 Å². The fraction of sp³-hybridized carbons (Fsp3) is 0.524. The van der Waals surface area contributed by atoms with Crippen molar-refractivity contribution in [3.05, 3.63) is 35.7 Å². The average molecular weight is 418 g/mol. The molecule has 0 bridgehead atoms. The zero-order valence-electron chi connectivity index (χ0n) is 17.8. The molecule has 2 heterocycles. The second-order valence-corrected chi connectivity index (χ2v) is 8.15. The number of nitrogens with zero attached hydrogens (tertiary/aromatic N) is 3. The van der Waals surface area contributed by atoms with E-state index in [1.807, 2.05) is 20.8 Å². The highest BCUT2D eigenvalue weighted by Crippen LogP contribution is 2.20. The third-order valence-corrected chi connectivity index (χ3v) is 4.63. The molecule has 0 saturated carbocycles. The van der Waals surface area contributed by atoms with Gasteiger partial charge in [-0.3, -0.25) is 4.79 Å². The smallest absolute Gasteiger partial charge is 0.410 e. The molecule has 0 unspecified atom stereocenters. The average Bonchev–Trinajstić information content (AvgIpc) is 3.20. The maximum absolute atomic E-state index is 12.1. The Kier molecular flexibility index (Phi) is 6.71. The molecule has 2 amide bonds. The molecular formula is C21H30N4O5. The molecule has 1 aromatic heterocycles. The van der Waals surface area contributed by atoms with E-state index in [1.165, 1.54) is 0 Å². The van der Waals surface area contributed by atoms with Gasteiger partial charge >= 0.3 is 6.09 Å². The number of ether oxygens (including phenoxy) is 2. The van der Waals surface area contributed by atoms with Crippen molar-refractivity contribution < 1.29 is 25.0 Å². The second kappa shape index (κ2) is 9.25. The summed E-state index contributed by atoms with van der Waals surface area (Å²) in [6.45, 7) is 6.99. The van der Waals surface area contributed by atoms with Gasteiger partial charge in [0.25, 0.3) is 11.8 Å². The first-order valence-corrected chi connectivity index (χ1v) is 10.00. The van der Waals surface area contributed by atoms with Gasteiger partial charge < -0.3 is 24.2 Å². The van der Waals surface area contributed by atoms with E-state index in [0.29, 0.717) is 30.4 Å². The summed E-state index contributed by atoms with van der Waals surface area (Å²) in [6, 6.07) is 6.92. The van der Waals surface area contributed by atoms with Gasteiger partial charge in [0, 0.05) is 32.7 Å². The first-order valence-electron chi connectivity index (χ1n) is 10.00. The number of piperidine rings is 1. The molecule has 0 aliphatic carbocycles. The van der Waals surface area contributed by atoms with Crippen LogP contribution in [0.2, 0.25) is 0 Å². The number of rotatable bonds is 5. The molecule has 0 radical (unpaired) electrons. The van der Waals surface area contributed by atoms with Crippen molar-refractivity contribution in [3.63, 3.8) is 0 Å². The van der Waals surface area contributed by atoms with Crippen LogP contribution in [0.4, 0.5) is 4.79 Å². The summed E-state index contributed by atoms with van der Waals surface area (Å²) < 4.78 is 16.6. The molecule has 1 saturated heterocycles. The maximum Gasteiger partial charge on any atom is 0.410 e. The lowest BCUT2D eigenvalue weighted by Gasteiger charge is -2.33. The number of benzene rings is 1. The molecule has 1 fully saturated rings. The normalized spacial score (nSPS) is 15.1. The summed E-state index contributed by atoms with van der Waals surface area (Å²) in [5.74, 6) is 0.672. The van der Waals surface area contributed by atoms with Crippen LogP contribution in [-0.4, -0.2) is 58.9 Å². The van der Waals surface area contributed by atoms with Crippen molar-refractivity contribution in [3.8, 4) is 11.5 Å². The molecule has 1 aliphatic rings. The summed E-state index contributed by atoms with van der Waals surface area (Å²) >= 11 is 0. The van der Waals surface area contributed by atoms with Gasteiger partial charge in [0.05, 0.1) is 6.10 Å². The zero-order chi connectivity index (χ0) is 21.7. The summed E-state index contributed by atoms with van der Waals surface area (Å²) in [7, 11) is 1.59. The lowest BCUT2D eigenvalue weighted by atomic mass is 10.1. The third-order valence-electron chi connectivity index (χ3n) is 4.63. The van der Waals surface area contributed by atoms with Gasteiger partial charge in [-0.2, -0.15) is 4.98 Å². The van der Waals surface area contributed by atoms with Gasteiger partial charge in [0.15, 0.2) is 5.82 Å². The molecule has 2 aromatic rings. The predicted molar refractivity (Wildman–Crippen MR) is 111 cm³/mol. The monoisotopic (exact) mass is 418 g/mol. The fourth-order valence-corrected chi connectivity index (χ4v) is 3.06. The van der Waals surface area contributed by atoms with E-state index in [2.05, 4.69) is 15.5 Å². The predicted octanol–water partition coefficient (Wildman–Crippen LogP) is 3.26. The molecule has 3 rings (SSSR count). The van der Waals surface area contributed by atoms with Gasteiger partial charge in [0.2, 0.25) is 0 Å². The second-order valence-electron chi connectivity index (χ2n) is 8.15. The van der Waals surface area contributed by atoms with E-state index in [-0.39, 0.29) is 26.1 Å². The summed E-state index contributed by atoms with van der Waals surface area (Å²) in [5.41, 5.74) is 0.790. The quantitative estimate of drug-likeness (QED) is 0.794. The molecule has 30 heavy (non-hydrogen) atoms. The van der Waals surface area contributed by atoms with Crippen LogP contribution >= 0.6 is 0 Å². The van der Waals surface area contributed by atoms with E-state index in [4.69, 9.17) is 14.0 Å². The van der Waals surface area contributed by atoms with Crippen molar-refractivity contribution >= 4 is 12.0 Å². The summed E-state index contributed by atoms with van der Waals surface area (Å²) in [6.07, 6.45) is 1.19. The standard InChI is InChI=1S/C21H28N4O5.H2/c1-21(2,3)29-20(27)25-11-9-16(10-12-25)28-13-17-23-19(30-24-17)15-7-5-14(6-8-15)18(26)22-4;/h5-8,16H,9-13H2,1-4H3,(H,22,26);1H. The van der Waals surface area contributed by atoms with Crippen LogP contribution < -0.4 is 5.32 Å². The van der Waals surface area contributed by atoms with Crippen molar-refractivity contribution in [2.24, 2.45) is 0 Å². The topological polar surface area (TPSA) is 107 Å². The Morgan fingerprint density at radius 2 is 1.90 bits per heavy atom. The van der Waals surface area contributed by atoms with Crippen LogP contribution in [0.15, 0.2) is 28.8 Å². The Balaban J connectivity index is 0.00000341. The van der Waals surface area contributed by atoms with Crippen LogP contribution in [0.25, 0.3) is 11.5 Å². The Labute approximate surface area is 177 Å². The first-order chi connectivity index (χ1) is 14.2. The lowest BCUT2D eigenvalue weighted by Crippen LogP contribution is -2.43. The number of aromatic nitrogens is 2. The van der Waals surface area contributed by atoms with E-state index < -0.39 is 5.60 Å². The van der Waals surface area contributed by atoms with E-state index in [0.717, 1.165) is 18.4 Å². The molecule has 164 valence electrons. The summed E-state index contributed by atoms with van der Waals surface area (Å²) in [5, 5.41) is 6.53. The summed E-state index contributed by atoms with van der Waals surface area (Å²) in [4.78, 5) is 29.8. The molecule has 1 N–H and O–H groups in total. The van der Waals surface area contributed by atoms with Gasteiger partial charge in [-0.05, 0) is 57.9 Å². The minimum Gasteiger partial charge on any atom is -0.444 e. The number of nitrogens with one attached hydrogen (secondary N) is 1. The van der Waals surface area contributed by atoms with Gasteiger partial charge in [-0.15, -0.1) is 0 Å². The van der Waals surface area contributed by atoms with Crippen LogP contribution in [0.3, 0.4) is 0 Å². The van der Waals surface area contributed by atoms with Crippen LogP contribution in [-0.2, 0) is 16.1 Å². The van der Waals surface area contributed by atoms with Gasteiger partial charge in [-0.25, -0.2) is 4.79 Å². The number of carbonyl (C=O) groups is 2. The number of hydrogen-bond donors (Lipinski definition) is 1. The molecule has 0 spiro atoms. The van der Waals surface area contributed by atoms with E-state index in [9.17, 15) is 9.59 Å². The minimum absolute atomic E-state index is 0. The van der Waals surface area contributed by atoms with Crippen molar-refractivity contribution in [2.75, 3.05) is 20.1 Å². The van der Waals surface area contributed by atoms with Crippen LogP contribution in [0.1, 0.15) is 51.2 Å². The molecule has 9 heteroatoms. The Bertz CT molecular complexity index is 871. The molecular weight excluding hydrogens is 388 g/mol. The molecule has 0 atom stereocenters. The SMILES string of the molecule is CNC(=O)c1ccc(-c2nc(COC3CCN(C(=O)OC(C)(C)C)CC3)no2)cc1.[HH]. The van der Waals surface area contributed by atoms with Crippen LogP contribution in [0, 0.1) is 0 Å². The van der Waals surface area contributed by atoms with E-state index in [1.54, 1.807) is 36.2 Å². The Hall–Kier alpha value is -2.94. The molecule has 1 aromatic carbocycles. The molecule has 9 nitrogen and oxygen atoms in total. The fourth-order valence-electron chi connectivity index (χ4n) is 3.06. The zero-order valence-corrected chi connectivity index (χ0v) is 17.8. The number of hydrogen-bond acceptors (Lipinski definition) is 7. The Morgan fingerprint density at radius 1 is 1.23 bits per heavy atom. The molecule has 1 aliphatic heterocycles. The lowest BCUT2D eigenvalue weighted by molar-refractivity contribution is -0.0190. The number of amides is 2. The highest BCUT2D eigenvalue weighted by atomic mass is 16.6. The first kappa shape index (κ1) is 21.8. The minimum atomic E-state index is -0.497. The van der Waals surface area contributed by atoms with Crippen molar-refractivity contribution in [2.45, 2.75) is 51.9 Å². The Morgan fingerprint density at radius 3 is 2.50 bits per heavy atom. The van der Waals surface area contributed by atoms with Crippen LogP contribution in [0.5, 0.6) is 0 Å². The number of likely N-dealkylation sites (tertiary alicyclic amines) is 1. The largest absolute Gasteiger partial charge is 0.444 e. The third kappa shape index (κ3) is 5.79. The van der Waals surface area contributed by atoms with Gasteiger partial charge in [0.1, 0.15) is 12.2 Å².